The molecule has 3 aromatic carbocycles. The second-order valence-corrected chi connectivity index (χ2v) is 6.61. The summed E-state index contributed by atoms with van der Waals surface area (Å²) in [6.45, 7) is 0. The van der Waals surface area contributed by atoms with Gasteiger partial charge in [-0.2, -0.15) is 0 Å². The summed E-state index contributed by atoms with van der Waals surface area (Å²) in [6.07, 6.45) is 0. The first-order valence-corrected chi connectivity index (χ1v) is 8.89. The van der Waals surface area contributed by atoms with Gasteiger partial charge >= 0.3 is 0 Å². The van der Waals surface area contributed by atoms with Gasteiger partial charge in [-0.1, -0.05) is 41.9 Å². The van der Waals surface area contributed by atoms with Gasteiger partial charge in [0.25, 0.3) is 11.8 Å². The molecule has 4 rings (SSSR count). The van der Waals surface area contributed by atoms with Crippen LogP contribution >= 0.6 is 11.6 Å². The van der Waals surface area contributed by atoms with Crippen molar-refractivity contribution >= 4 is 40.4 Å². The summed E-state index contributed by atoms with van der Waals surface area (Å²) in [6, 6.07) is 21.0. The van der Waals surface area contributed by atoms with Crippen molar-refractivity contribution in [3.8, 4) is 0 Å². The van der Waals surface area contributed by atoms with Crippen LogP contribution in [0.4, 0.5) is 15.8 Å². The largest absolute Gasteiger partial charge is 0.350 e. The fourth-order valence-corrected chi connectivity index (χ4v) is 3.15. The van der Waals surface area contributed by atoms with Crippen molar-refractivity contribution in [1.29, 1.82) is 0 Å². The van der Waals surface area contributed by atoms with Crippen LogP contribution in [0.15, 0.2) is 84.6 Å². The molecule has 1 aliphatic rings. The van der Waals surface area contributed by atoms with Crippen molar-refractivity contribution in [3.05, 3.63) is 101 Å². The summed E-state index contributed by atoms with van der Waals surface area (Å²) in [4.78, 5) is 27.3. The Morgan fingerprint density at radius 3 is 2.07 bits per heavy atom. The van der Waals surface area contributed by atoms with Crippen LogP contribution in [-0.4, -0.2) is 11.8 Å². The topological polar surface area (TPSA) is 49.4 Å². The zero-order valence-corrected chi connectivity index (χ0v) is 15.3. The zero-order chi connectivity index (χ0) is 19.7. The average Bonchev–Trinajstić information content (AvgIpc) is 2.94. The lowest BCUT2D eigenvalue weighted by molar-refractivity contribution is -0.120. The van der Waals surface area contributed by atoms with Crippen molar-refractivity contribution in [3.63, 3.8) is 0 Å². The highest BCUT2D eigenvalue weighted by molar-refractivity contribution is 6.46. The van der Waals surface area contributed by atoms with E-state index in [2.05, 4.69) is 5.32 Å². The summed E-state index contributed by atoms with van der Waals surface area (Å²) in [5.74, 6) is -1.45. The molecule has 2 amide bonds. The summed E-state index contributed by atoms with van der Waals surface area (Å²) in [5.41, 5.74) is 1.92. The molecule has 0 fully saturated rings. The Kier molecular flexibility index (Phi) is 4.67. The number of carbonyl (C=O) groups is 2. The van der Waals surface area contributed by atoms with Crippen molar-refractivity contribution < 1.29 is 14.0 Å². The van der Waals surface area contributed by atoms with Crippen LogP contribution in [0.3, 0.4) is 0 Å². The lowest BCUT2D eigenvalue weighted by Crippen LogP contribution is -2.32. The Morgan fingerprint density at radius 2 is 1.43 bits per heavy atom. The molecule has 0 aromatic heterocycles. The number of halogens is 2. The molecule has 4 nitrogen and oxygen atoms in total. The summed E-state index contributed by atoms with van der Waals surface area (Å²) >= 11 is 5.96. The fraction of sp³-hybridized carbons (Fsp3) is 0. The number of rotatable bonds is 4. The first-order chi connectivity index (χ1) is 13.5. The second kappa shape index (κ2) is 7.29. The molecule has 138 valence electrons. The highest BCUT2D eigenvalue weighted by Crippen LogP contribution is 2.34. The van der Waals surface area contributed by atoms with E-state index in [0.717, 1.165) is 4.90 Å². The van der Waals surface area contributed by atoms with Gasteiger partial charge in [-0.15, -0.1) is 0 Å². The number of hydrogen-bond acceptors (Lipinski definition) is 3. The Balaban J connectivity index is 1.81. The molecular weight excluding hydrogens is 379 g/mol. The van der Waals surface area contributed by atoms with Gasteiger partial charge in [-0.05, 0) is 54.1 Å². The van der Waals surface area contributed by atoms with Gasteiger partial charge < -0.3 is 5.32 Å². The normalized spacial score (nSPS) is 14.0. The number of para-hydroxylation sites is 1. The zero-order valence-electron chi connectivity index (χ0n) is 14.5. The number of hydrogen-bond donors (Lipinski definition) is 1. The van der Waals surface area contributed by atoms with E-state index in [0.29, 0.717) is 22.0 Å². The minimum Gasteiger partial charge on any atom is -0.350 e. The number of imide groups is 1. The van der Waals surface area contributed by atoms with E-state index in [1.54, 1.807) is 36.4 Å². The van der Waals surface area contributed by atoms with E-state index < -0.39 is 17.6 Å². The molecule has 0 atom stereocenters. The highest BCUT2D eigenvalue weighted by Gasteiger charge is 2.40. The van der Waals surface area contributed by atoms with Crippen LogP contribution in [0.25, 0.3) is 5.57 Å². The molecule has 0 spiro atoms. The molecule has 1 N–H and O–H groups in total. The Bertz CT molecular complexity index is 1080. The lowest BCUT2D eigenvalue weighted by Gasteiger charge is -2.15. The minimum atomic E-state index is -0.509. The molecule has 3 aromatic rings. The maximum atomic E-state index is 13.3. The summed E-state index contributed by atoms with van der Waals surface area (Å²) < 4.78 is 13.3. The number of nitrogens with one attached hydrogen (secondary N) is 1. The van der Waals surface area contributed by atoms with E-state index in [4.69, 9.17) is 11.6 Å². The van der Waals surface area contributed by atoms with E-state index in [1.165, 1.54) is 24.3 Å². The van der Waals surface area contributed by atoms with E-state index in [9.17, 15) is 14.0 Å². The Labute approximate surface area is 165 Å². The van der Waals surface area contributed by atoms with Gasteiger partial charge in [-0.3, -0.25) is 9.59 Å². The molecular formula is C22H14ClFN2O2. The van der Waals surface area contributed by atoms with Crippen LogP contribution in [0.1, 0.15) is 5.56 Å². The van der Waals surface area contributed by atoms with Crippen molar-refractivity contribution in [1.82, 2.24) is 0 Å². The third kappa shape index (κ3) is 3.28. The molecule has 0 bridgehead atoms. The van der Waals surface area contributed by atoms with Gasteiger partial charge in [0.1, 0.15) is 11.5 Å². The molecule has 28 heavy (non-hydrogen) atoms. The second-order valence-electron chi connectivity index (χ2n) is 6.17. The van der Waals surface area contributed by atoms with Crippen LogP contribution in [0, 0.1) is 5.82 Å². The number of amides is 2. The van der Waals surface area contributed by atoms with Gasteiger partial charge in [0.2, 0.25) is 0 Å². The van der Waals surface area contributed by atoms with Gasteiger partial charge in [-0.25, -0.2) is 9.29 Å². The van der Waals surface area contributed by atoms with Crippen LogP contribution in [0.2, 0.25) is 5.02 Å². The molecule has 0 saturated carbocycles. The quantitative estimate of drug-likeness (QED) is 0.644. The molecule has 0 saturated heterocycles. The first-order valence-electron chi connectivity index (χ1n) is 8.51. The minimum absolute atomic E-state index is 0.155. The highest BCUT2D eigenvalue weighted by atomic mass is 35.5. The predicted octanol–water partition coefficient (Wildman–Crippen LogP) is 4.88. The summed E-state index contributed by atoms with van der Waals surface area (Å²) in [5, 5.41) is 3.58. The van der Waals surface area contributed by atoms with Gasteiger partial charge in [0, 0.05) is 10.7 Å². The van der Waals surface area contributed by atoms with E-state index in [-0.39, 0.29) is 11.3 Å². The third-order valence-corrected chi connectivity index (χ3v) is 4.60. The molecule has 0 aliphatic carbocycles. The average molecular weight is 393 g/mol. The number of benzene rings is 3. The monoisotopic (exact) mass is 392 g/mol. The molecule has 1 aliphatic heterocycles. The van der Waals surface area contributed by atoms with Crippen LogP contribution in [0.5, 0.6) is 0 Å². The van der Waals surface area contributed by atoms with Gasteiger partial charge in [0.15, 0.2) is 0 Å². The first kappa shape index (κ1) is 17.9. The summed E-state index contributed by atoms with van der Waals surface area (Å²) in [7, 11) is 0. The number of anilines is 2. The van der Waals surface area contributed by atoms with Crippen molar-refractivity contribution in [2.45, 2.75) is 0 Å². The fourth-order valence-electron chi connectivity index (χ4n) is 3.02. The standard InChI is InChI=1S/C22H14ClFN2O2/c23-15-8-6-14(7-9-15)19-20(25-17-4-2-1-3-5-17)22(28)26(21(19)27)18-12-10-16(24)11-13-18/h1-13,25H. The smallest absolute Gasteiger partial charge is 0.282 e. The Hall–Kier alpha value is -3.44. The molecule has 0 radical (unpaired) electrons. The van der Waals surface area contributed by atoms with E-state index in [1.807, 2.05) is 18.2 Å². The predicted molar refractivity (Wildman–Crippen MR) is 107 cm³/mol. The van der Waals surface area contributed by atoms with Crippen molar-refractivity contribution in [2.75, 3.05) is 10.2 Å². The van der Waals surface area contributed by atoms with E-state index >= 15 is 0 Å². The van der Waals surface area contributed by atoms with Crippen LogP contribution < -0.4 is 10.2 Å². The molecule has 6 heteroatoms. The van der Waals surface area contributed by atoms with Gasteiger partial charge in [0.05, 0.1) is 11.3 Å². The maximum absolute atomic E-state index is 13.3. The number of nitrogens with zero attached hydrogens (tertiary/aromatic N) is 1. The SMILES string of the molecule is O=C1C(Nc2ccccc2)=C(c2ccc(Cl)cc2)C(=O)N1c1ccc(F)cc1. The number of carbonyl (C=O) groups excluding carboxylic acids is 2. The molecule has 1 heterocycles. The maximum Gasteiger partial charge on any atom is 0.282 e. The lowest BCUT2D eigenvalue weighted by atomic mass is 10.0. The Morgan fingerprint density at radius 1 is 0.786 bits per heavy atom. The van der Waals surface area contributed by atoms with Crippen LogP contribution in [-0.2, 0) is 9.59 Å². The third-order valence-electron chi connectivity index (χ3n) is 4.34. The van der Waals surface area contributed by atoms with Crippen molar-refractivity contribution in [2.24, 2.45) is 0 Å². The molecule has 0 unspecified atom stereocenters.